The predicted octanol–water partition coefficient (Wildman–Crippen LogP) is 5.37. The highest BCUT2D eigenvalue weighted by Crippen LogP contribution is 2.36. The highest BCUT2D eigenvalue weighted by Gasteiger charge is 2.36. The van der Waals surface area contributed by atoms with Gasteiger partial charge in [0.2, 0.25) is 5.91 Å². The summed E-state index contributed by atoms with van der Waals surface area (Å²) in [5, 5.41) is 3.30. The molecule has 3 atom stereocenters. The zero-order chi connectivity index (χ0) is 22.9. The summed E-state index contributed by atoms with van der Waals surface area (Å²) in [6.45, 7) is 6.46. The average Bonchev–Trinajstić information content (AvgIpc) is 2.71. The molecule has 1 N–H and O–H groups in total. The van der Waals surface area contributed by atoms with Gasteiger partial charge in [0.1, 0.15) is 5.82 Å². The lowest BCUT2D eigenvalue weighted by molar-refractivity contribution is -0.137. The number of carbonyl (C=O) groups excluding carboxylic acids is 1. The average molecular weight is 436 g/mol. The summed E-state index contributed by atoms with van der Waals surface area (Å²) in [6.07, 6.45) is -3.83. The second-order valence-corrected chi connectivity index (χ2v) is 8.46. The zero-order valence-electron chi connectivity index (χ0n) is 18.2. The summed E-state index contributed by atoms with van der Waals surface area (Å²) in [6, 6.07) is 7.98. The summed E-state index contributed by atoms with van der Waals surface area (Å²) < 4.78 is 53.3. The third-order valence-corrected chi connectivity index (χ3v) is 6.27. The van der Waals surface area contributed by atoms with Crippen molar-refractivity contribution in [2.75, 3.05) is 20.1 Å². The largest absolute Gasteiger partial charge is 0.416 e. The Hall–Kier alpha value is -2.41. The topological polar surface area (TPSA) is 32.3 Å². The lowest BCUT2D eigenvalue weighted by Gasteiger charge is -2.37. The molecular formula is C24H28F4N2O. The number of nitrogens with zero attached hydrogens (tertiary/aromatic N) is 1. The summed E-state index contributed by atoms with van der Waals surface area (Å²) in [5.41, 5.74) is 1.95. The zero-order valence-corrected chi connectivity index (χ0v) is 18.2. The summed E-state index contributed by atoms with van der Waals surface area (Å²) in [5.74, 6) is -0.888. The van der Waals surface area contributed by atoms with Crippen molar-refractivity contribution in [2.24, 2.45) is 5.92 Å². The summed E-state index contributed by atoms with van der Waals surface area (Å²) >= 11 is 0. The molecule has 3 nitrogen and oxygen atoms in total. The predicted molar refractivity (Wildman–Crippen MR) is 112 cm³/mol. The third-order valence-electron chi connectivity index (χ3n) is 6.27. The molecule has 7 heteroatoms. The molecule has 1 aliphatic heterocycles. The van der Waals surface area contributed by atoms with E-state index in [0.717, 1.165) is 23.3 Å². The van der Waals surface area contributed by atoms with Gasteiger partial charge in [0.15, 0.2) is 0 Å². The van der Waals surface area contributed by atoms with E-state index < -0.39 is 17.8 Å². The van der Waals surface area contributed by atoms with E-state index in [9.17, 15) is 22.4 Å². The number of nitrogens with one attached hydrogen (secondary N) is 1. The van der Waals surface area contributed by atoms with E-state index in [1.54, 1.807) is 33.0 Å². The molecule has 0 aromatic heterocycles. The van der Waals surface area contributed by atoms with Crippen molar-refractivity contribution in [3.05, 3.63) is 70.0 Å². The molecule has 0 saturated carbocycles. The molecule has 2 aromatic rings. The minimum atomic E-state index is -4.44. The Bertz CT molecular complexity index is 957. The van der Waals surface area contributed by atoms with Crippen LogP contribution in [0, 0.1) is 25.6 Å². The minimum absolute atomic E-state index is 0.113. The molecule has 168 valence electrons. The van der Waals surface area contributed by atoms with Gasteiger partial charge in [-0.05, 0) is 74.7 Å². The first-order valence-corrected chi connectivity index (χ1v) is 10.4. The van der Waals surface area contributed by atoms with Crippen LogP contribution in [0.2, 0.25) is 0 Å². The fourth-order valence-electron chi connectivity index (χ4n) is 4.43. The van der Waals surface area contributed by atoms with Gasteiger partial charge in [0.05, 0.1) is 11.6 Å². The molecular weight excluding hydrogens is 408 g/mol. The monoisotopic (exact) mass is 436 g/mol. The van der Waals surface area contributed by atoms with Crippen LogP contribution in [0.15, 0.2) is 36.4 Å². The number of benzene rings is 2. The van der Waals surface area contributed by atoms with Gasteiger partial charge in [-0.3, -0.25) is 4.79 Å². The highest BCUT2D eigenvalue weighted by atomic mass is 19.4. The number of hydrogen-bond acceptors (Lipinski definition) is 2. The molecule has 1 aliphatic rings. The van der Waals surface area contributed by atoms with Crippen LogP contribution in [0.3, 0.4) is 0 Å². The van der Waals surface area contributed by atoms with Gasteiger partial charge >= 0.3 is 6.18 Å². The van der Waals surface area contributed by atoms with Crippen molar-refractivity contribution in [3.63, 3.8) is 0 Å². The Morgan fingerprint density at radius 1 is 1.16 bits per heavy atom. The fraction of sp³-hybridized carbons (Fsp3) is 0.458. The first-order valence-electron chi connectivity index (χ1n) is 10.4. The summed E-state index contributed by atoms with van der Waals surface area (Å²) in [4.78, 5) is 15.0. The van der Waals surface area contributed by atoms with Gasteiger partial charge in [-0.25, -0.2) is 4.39 Å². The van der Waals surface area contributed by atoms with Crippen LogP contribution in [0.1, 0.15) is 53.1 Å². The second-order valence-electron chi connectivity index (χ2n) is 8.46. The molecule has 0 bridgehead atoms. The van der Waals surface area contributed by atoms with Gasteiger partial charge in [-0.15, -0.1) is 0 Å². The van der Waals surface area contributed by atoms with E-state index in [-0.39, 0.29) is 23.6 Å². The molecule has 2 aromatic carbocycles. The van der Waals surface area contributed by atoms with E-state index in [1.165, 1.54) is 17.0 Å². The van der Waals surface area contributed by atoms with Crippen LogP contribution < -0.4 is 5.32 Å². The van der Waals surface area contributed by atoms with Crippen LogP contribution in [0.4, 0.5) is 17.6 Å². The Balaban J connectivity index is 1.87. The molecule has 0 unspecified atom stereocenters. The molecule has 1 amide bonds. The van der Waals surface area contributed by atoms with Gasteiger partial charge in [0.25, 0.3) is 0 Å². The van der Waals surface area contributed by atoms with Crippen LogP contribution in [-0.2, 0) is 11.0 Å². The smallest absolute Gasteiger partial charge is 0.339 e. The van der Waals surface area contributed by atoms with Crippen LogP contribution in [0.25, 0.3) is 0 Å². The SMILES string of the molecule is Cc1cc([C@H](C)N(C)C(=O)[C@H]2CCNC[C@@H]2c2ccc(F)cc2C)cc(C(F)(F)F)c1. The second kappa shape index (κ2) is 8.99. The number of carbonyl (C=O) groups is 1. The Morgan fingerprint density at radius 2 is 1.87 bits per heavy atom. The number of amides is 1. The maximum absolute atomic E-state index is 13.6. The quantitative estimate of drug-likeness (QED) is 0.654. The first kappa shape index (κ1) is 23.3. The molecule has 1 saturated heterocycles. The van der Waals surface area contributed by atoms with Crippen LogP contribution in [-0.4, -0.2) is 30.9 Å². The van der Waals surface area contributed by atoms with Crippen molar-refractivity contribution in [1.82, 2.24) is 10.2 Å². The van der Waals surface area contributed by atoms with Crippen LogP contribution in [0.5, 0.6) is 0 Å². The number of rotatable bonds is 4. The number of hydrogen-bond donors (Lipinski definition) is 1. The molecule has 0 aliphatic carbocycles. The molecule has 31 heavy (non-hydrogen) atoms. The maximum Gasteiger partial charge on any atom is 0.416 e. The molecule has 0 spiro atoms. The van der Waals surface area contributed by atoms with Crippen molar-refractivity contribution in [3.8, 4) is 0 Å². The van der Waals surface area contributed by atoms with E-state index in [4.69, 9.17) is 0 Å². The number of aryl methyl sites for hydroxylation is 2. The Labute approximate surface area is 180 Å². The van der Waals surface area contributed by atoms with Crippen LogP contribution >= 0.6 is 0 Å². The fourth-order valence-corrected chi connectivity index (χ4v) is 4.43. The van der Waals surface area contributed by atoms with Crippen molar-refractivity contribution >= 4 is 5.91 Å². The first-order chi connectivity index (χ1) is 14.5. The maximum atomic E-state index is 13.6. The molecule has 3 rings (SSSR count). The van der Waals surface area contributed by atoms with Crippen molar-refractivity contribution in [2.45, 2.75) is 45.3 Å². The number of halogens is 4. The standard InChI is InChI=1S/C24H28F4N2O/c1-14-9-17(12-18(10-14)24(26,27)28)16(3)30(4)23(31)21-7-8-29-13-22(21)20-6-5-19(25)11-15(20)2/h5-6,9-12,16,21-22,29H,7-8,13H2,1-4H3/t16-,21-,22+/m0/s1. The van der Waals surface area contributed by atoms with E-state index in [1.807, 2.05) is 6.92 Å². The van der Waals surface area contributed by atoms with Gasteiger partial charge in [0, 0.05) is 25.4 Å². The normalized spacial score (nSPS) is 20.4. The van der Waals surface area contributed by atoms with E-state index in [2.05, 4.69) is 5.32 Å². The number of piperidine rings is 1. The Kier molecular flexibility index (Phi) is 6.74. The van der Waals surface area contributed by atoms with E-state index >= 15 is 0 Å². The van der Waals surface area contributed by atoms with Crippen molar-refractivity contribution in [1.29, 1.82) is 0 Å². The van der Waals surface area contributed by atoms with Crippen molar-refractivity contribution < 1.29 is 22.4 Å². The molecule has 0 radical (unpaired) electrons. The van der Waals surface area contributed by atoms with E-state index in [0.29, 0.717) is 30.6 Å². The lowest BCUT2D eigenvalue weighted by Crippen LogP contribution is -2.44. The minimum Gasteiger partial charge on any atom is -0.339 e. The summed E-state index contributed by atoms with van der Waals surface area (Å²) in [7, 11) is 1.64. The molecule has 1 fully saturated rings. The lowest BCUT2D eigenvalue weighted by atomic mass is 9.79. The van der Waals surface area contributed by atoms with Gasteiger partial charge < -0.3 is 10.2 Å². The molecule has 1 heterocycles. The Morgan fingerprint density at radius 3 is 2.52 bits per heavy atom. The highest BCUT2D eigenvalue weighted by molar-refractivity contribution is 5.80. The van der Waals surface area contributed by atoms with Gasteiger partial charge in [-0.1, -0.05) is 17.7 Å². The third kappa shape index (κ3) is 5.09. The van der Waals surface area contributed by atoms with Gasteiger partial charge in [-0.2, -0.15) is 13.2 Å². The number of alkyl halides is 3.